The van der Waals surface area contributed by atoms with Crippen LogP contribution in [0.15, 0.2) is 0 Å². The quantitative estimate of drug-likeness (QED) is 0.716. The number of likely N-dealkylation sites (N-methyl/N-ethyl adjacent to an activating group) is 1. The Morgan fingerprint density at radius 2 is 1.41 bits per heavy atom. The van der Waals surface area contributed by atoms with Crippen molar-refractivity contribution < 1.29 is 4.79 Å². The monoisotopic (exact) mass is 244 g/mol. The Morgan fingerprint density at radius 3 is 1.53 bits per heavy atom. The Bertz CT molecular complexity index is 179. The second kappa shape index (κ2) is 10.7. The van der Waals surface area contributed by atoms with E-state index in [0.29, 0.717) is 12.3 Å². The number of Topliss-reactive ketones (excluding diaryl/α,β-unsaturated/α-hetero) is 1. The van der Waals surface area contributed by atoms with Gasteiger partial charge in [0.25, 0.3) is 0 Å². The molecule has 0 radical (unpaired) electrons. The molecule has 0 spiro atoms. The summed E-state index contributed by atoms with van der Waals surface area (Å²) < 4.78 is 0. The third-order valence-corrected chi connectivity index (χ3v) is 2.27. The van der Waals surface area contributed by atoms with Crippen LogP contribution in [0.25, 0.3) is 0 Å². The van der Waals surface area contributed by atoms with E-state index in [9.17, 15) is 4.79 Å². The molecule has 0 aromatic rings. The summed E-state index contributed by atoms with van der Waals surface area (Å²) in [5, 5.41) is 0. The molecule has 0 aromatic heterocycles. The number of hydrogen-bond acceptors (Lipinski definition) is 3. The van der Waals surface area contributed by atoms with Gasteiger partial charge in [0.2, 0.25) is 0 Å². The lowest BCUT2D eigenvalue weighted by molar-refractivity contribution is -0.122. The van der Waals surface area contributed by atoms with Crippen molar-refractivity contribution in [3.8, 4) is 0 Å². The molecular formula is C14H32N2O. The second-order valence-electron chi connectivity index (χ2n) is 5.84. The molecule has 3 nitrogen and oxygen atoms in total. The maximum atomic E-state index is 10.9. The molecule has 0 unspecified atom stereocenters. The largest absolute Gasteiger partial charge is 0.309 e. The summed E-state index contributed by atoms with van der Waals surface area (Å²) >= 11 is 0. The molecule has 0 atom stereocenters. The fourth-order valence-electron chi connectivity index (χ4n) is 1.01. The van der Waals surface area contributed by atoms with E-state index in [1.807, 2.05) is 32.8 Å². The lowest BCUT2D eigenvalue weighted by Crippen LogP contribution is -2.24. The highest BCUT2D eigenvalue weighted by molar-refractivity contribution is 5.82. The number of carbonyl (C=O) groups excluding carboxylic acids is 1. The molecule has 0 N–H and O–H groups in total. The fraction of sp³-hybridized carbons (Fsp3) is 0.929. The van der Waals surface area contributed by atoms with Crippen molar-refractivity contribution in [1.82, 2.24) is 9.80 Å². The highest BCUT2D eigenvalue weighted by Gasteiger charge is 2.06. The van der Waals surface area contributed by atoms with Crippen molar-refractivity contribution in [3.63, 3.8) is 0 Å². The molecule has 17 heavy (non-hydrogen) atoms. The third-order valence-electron chi connectivity index (χ3n) is 2.27. The van der Waals surface area contributed by atoms with Crippen LogP contribution in [-0.2, 0) is 4.79 Å². The molecule has 0 bridgehead atoms. The van der Waals surface area contributed by atoms with E-state index in [1.165, 1.54) is 13.0 Å². The lowest BCUT2D eigenvalue weighted by Gasteiger charge is -2.10. The van der Waals surface area contributed by atoms with Crippen LogP contribution in [0, 0.1) is 11.8 Å². The van der Waals surface area contributed by atoms with Gasteiger partial charge in [-0.05, 0) is 47.1 Å². The summed E-state index contributed by atoms with van der Waals surface area (Å²) in [5.74, 6) is 1.32. The molecule has 3 heteroatoms. The van der Waals surface area contributed by atoms with Crippen LogP contribution in [0.3, 0.4) is 0 Å². The highest BCUT2D eigenvalue weighted by Crippen LogP contribution is 1.98. The highest BCUT2D eigenvalue weighted by atomic mass is 16.1. The first-order valence-corrected chi connectivity index (χ1v) is 6.49. The summed E-state index contributed by atoms with van der Waals surface area (Å²) in [6.07, 6.45) is 1.31. The van der Waals surface area contributed by atoms with E-state index in [4.69, 9.17) is 0 Å². The van der Waals surface area contributed by atoms with Gasteiger partial charge in [0.1, 0.15) is 5.78 Å². The van der Waals surface area contributed by atoms with E-state index in [2.05, 4.69) is 32.8 Å². The smallest absolute Gasteiger partial charge is 0.149 e. The van der Waals surface area contributed by atoms with Crippen LogP contribution in [0.1, 0.15) is 34.1 Å². The Balaban J connectivity index is 0. The van der Waals surface area contributed by atoms with Gasteiger partial charge in [0.15, 0.2) is 0 Å². The van der Waals surface area contributed by atoms with E-state index in [1.54, 1.807) is 0 Å². The van der Waals surface area contributed by atoms with Crippen LogP contribution in [-0.4, -0.2) is 56.9 Å². The Kier molecular flexibility index (Phi) is 12.0. The van der Waals surface area contributed by atoms with Crippen LogP contribution >= 0.6 is 0 Å². The maximum Gasteiger partial charge on any atom is 0.149 e. The molecule has 0 amide bonds. The predicted molar refractivity (Wildman–Crippen MR) is 76.4 cm³/mol. The van der Waals surface area contributed by atoms with Gasteiger partial charge in [0.05, 0.1) is 6.54 Å². The van der Waals surface area contributed by atoms with Crippen molar-refractivity contribution in [1.29, 1.82) is 0 Å². The normalized spacial score (nSPS) is 11.1. The van der Waals surface area contributed by atoms with Gasteiger partial charge in [0, 0.05) is 5.92 Å². The maximum absolute atomic E-state index is 10.9. The van der Waals surface area contributed by atoms with Gasteiger partial charge in [-0.2, -0.15) is 0 Å². The van der Waals surface area contributed by atoms with Gasteiger partial charge in [-0.25, -0.2) is 0 Å². The Morgan fingerprint density at radius 1 is 0.941 bits per heavy atom. The summed E-state index contributed by atoms with van der Waals surface area (Å²) in [5.41, 5.74) is 0. The Hall–Kier alpha value is -0.410. The molecule has 0 fully saturated rings. The molecule has 104 valence electrons. The van der Waals surface area contributed by atoms with Gasteiger partial charge in [-0.1, -0.05) is 27.7 Å². The number of carbonyl (C=O) groups is 1. The molecular weight excluding hydrogens is 212 g/mol. The predicted octanol–water partition coefficient (Wildman–Crippen LogP) is 2.37. The molecule has 0 aliphatic carbocycles. The van der Waals surface area contributed by atoms with Crippen LogP contribution in [0.5, 0.6) is 0 Å². The molecule has 0 aliphatic heterocycles. The fourth-order valence-corrected chi connectivity index (χ4v) is 1.01. The number of rotatable bonds is 6. The summed E-state index contributed by atoms with van der Waals surface area (Å²) in [4.78, 5) is 15.0. The summed E-state index contributed by atoms with van der Waals surface area (Å²) in [7, 11) is 8.03. The molecule has 0 rings (SSSR count). The van der Waals surface area contributed by atoms with Gasteiger partial charge >= 0.3 is 0 Å². The number of hydrogen-bond donors (Lipinski definition) is 0. The van der Waals surface area contributed by atoms with Crippen LogP contribution in [0.2, 0.25) is 0 Å². The van der Waals surface area contributed by atoms with Crippen molar-refractivity contribution >= 4 is 5.78 Å². The zero-order valence-corrected chi connectivity index (χ0v) is 13.1. The van der Waals surface area contributed by atoms with E-state index in [-0.39, 0.29) is 5.92 Å². The molecule has 0 saturated heterocycles. The number of nitrogens with zero attached hydrogens (tertiary/aromatic N) is 2. The minimum atomic E-state index is 0.174. The minimum Gasteiger partial charge on any atom is -0.309 e. The SMILES string of the molecule is CC(C)C(=O)CN(C)C.CC(C)CCN(C)C. The average molecular weight is 244 g/mol. The van der Waals surface area contributed by atoms with E-state index < -0.39 is 0 Å². The van der Waals surface area contributed by atoms with Crippen molar-refractivity contribution in [2.75, 3.05) is 41.3 Å². The van der Waals surface area contributed by atoms with Gasteiger partial charge < -0.3 is 9.80 Å². The Labute approximate surface area is 108 Å². The first kappa shape index (κ1) is 18.9. The van der Waals surface area contributed by atoms with Gasteiger partial charge in [-0.15, -0.1) is 0 Å². The van der Waals surface area contributed by atoms with Crippen LogP contribution < -0.4 is 0 Å². The van der Waals surface area contributed by atoms with Crippen molar-refractivity contribution in [3.05, 3.63) is 0 Å². The summed E-state index contributed by atoms with van der Waals surface area (Å²) in [6, 6.07) is 0. The topological polar surface area (TPSA) is 23.6 Å². The molecule has 0 heterocycles. The first-order valence-electron chi connectivity index (χ1n) is 6.49. The third kappa shape index (κ3) is 18.2. The first-order chi connectivity index (χ1) is 7.66. The van der Waals surface area contributed by atoms with Crippen LogP contribution in [0.4, 0.5) is 0 Å². The van der Waals surface area contributed by atoms with Crippen molar-refractivity contribution in [2.24, 2.45) is 11.8 Å². The molecule has 0 aromatic carbocycles. The molecule has 0 saturated carbocycles. The van der Waals surface area contributed by atoms with E-state index in [0.717, 1.165) is 5.92 Å². The molecule has 0 aliphatic rings. The standard InChI is InChI=1S/C7H15NO.C7H17N/c1-6(2)7(9)5-8(3)4;1-7(2)5-6-8(3)4/h6H,5H2,1-4H3;7H,5-6H2,1-4H3. The average Bonchev–Trinajstić information content (AvgIpc) is 2.14. The zero-order valence-electron chi connectivity index (χ0n) is 13.1. The second-order valence-corrected chi connectivity index (χ2v) is 5.84. The van der Waals surface area contributed by atoms with Crippen molar-refractivity contribution in [2.45, 2.75) is 34.1 Å². The van der Waals surface area contributed by atoms with Gasteiger partial charge in [-0.3, -0.25) is 4.79 Å². The summed E-state index contributed by atoms with van der Waals surface area (Å²) in [6.45, 7) is 10.1. The number of ketones is 1. The lowest BCUT2D eigenvalue weighted by atomic mass is 10.1. The zero-order chi connectivity index (χ0) is 14.0. The minimum absolute atomic E-state index is 0.174. The van der Waals surface area contributed by atoms with E-state index >= 15 is 0 Å².